The van der Waals surface area contributed by atoms with Gasteiger partial charge in [-0.3, -0.25) is 0 Å². The van der Waals surface area contributed by atoms with E-state index in [1.54, 1.807) is 0 Å². The van der Waals surface area contributed by atoms with E-state index in [1.807, 2.05) is 0 Å². The molecule has 0 aromatic rings. The van der Waals surface area contributed by atoms with Gasteiger partial charge in [0.2, 0.25) is 0 Å². The second-order valence-corrected chi connectivity index (χ2v) is 7.26. The maximum absolute atomic E-state index is 3.58. The number of rotatable bonds is 5. The van der Waals surface area contributed by atoms with Gasteiger partial charge in [-0.2, -0.15) is 0 Å². The van der Waals surface area contributed by atoms with E-state index < -0.39 is 0 Å². The summed E-state index contributed by atoms with van der Waals surface area (Å²) in [6.45, 7) is 5.18. The molecule has 1 aliphatic heterocycles. The first-order valence-electron chi connectivity index (χ1n) is 8.73. The Morgan fingerprint density at radius 1 is 1.00 bits per heavy atom. The van der Waals surface area contributed by atoms with E-state index in [0.717, 1.165) is 17.9 Å². The highest BCUT2D eigenvalue weighted by molar-refractivity contribution is 4.81. The lowest BCUT2D eigenvalue weighted by Gasteiger charge is -2.34. The monoisotopic (exact) mass is 281 g/mol. The van der Waals surface area contributed by atoms with Crippen molar-refractivity contribution in [2.75, 3.05) is 47.3 Å². The molecule has 0 bridgehead atoms. The quantitative estimate of drug-likeness (QED) is 0.781. The van der Waals surface area contributed by atoms with Crippen molar-refractivity contribution in [3.63, 3.8) is 0 Å². The van der Waals surface area contributed by atoms with Crippen molar-refractivity contribution in [3.8, 4) is 0 Å². The minimum atomic E-state index is 0.748. The summed E-state index contributed by atoms with van der Waals surface area (Å²) in [5, 5.41) is 3.58. The van der Waals surface area contributed by atoms with E-state index in [9.17, 15) is 0 Å². The van der Waals surface area contributed by atoms with Crippen LogP contribution in [0, 0.1) is 11.8 Å². The Morgan fingerprint density at radius 2 is 1.70 bits per heavy atom. The van der Waals surface area contributed by atoms with Crippen LogP contribution < -0.4 is 5.32 Å². The van der Waals surface area contributed by atoms with E-state index in [4.69, 9.17) is 0 Å². The molecule has 2 unspecified atom stereocenters. The van der Waals surface area contributed by atoms with Crippen molar-refractivity contribution in [2.24, 2.45) is 11.8 Å². The first-order chi connectivity index (χ1) is 9.69. The Morgan fingerprint density at radius 3 is 2.40 bits per heavy atom. The Labute approximate surface area is 126 Å². The Hall–Kier alpha value is -0.120. The van der Waals surface area contributed by atoms with Gasteiger partial charge in [-0.1, -0.05) is 19.3 Å². The molecule has 1 saturated heterocycles. The molecule has 3 heteroatoms. The fraction of sp³-hybridized carbons (Fsp3) is 1.00. The molecule has 2 fully saturated rings. The van der Waals surface area contributed by atoms with Gasteiger partial charge < -0.3 is 15.1 Å². The van der Waals surface area contributed by atoms with Crippen LogP contribution in [-0.4, -0.2) is 63.2 Å². The van der Waals surface area contributed by atoms with E-state index >= 15 is 0 Å². The van der Waals surface area contributed by atoms with Crippen LogP contribution in [0.3, 0.4) is 0 Å². The number of hydrogen-bond acceptors (Lipinski definition) is 3. The van der Waals surface area contributed by atoms with Crippen LogP contribution in [0.2, 0.25) is 0 Å². The van der Waals surface area contributed by atoms with Crippen molar-refractivity contribution in [1.82, 2.24) is 15.1 Å². The van der Waals surface area contributed by atoms with E-state index in [0.29, 0.717) is 0 Å². The first kappa shape index (κ1) is 16.3. The van der Waals surface area contributed by atoms with Crippen LogP contribution in [0.4, 0.5) is 0 Å². The summed E-state index contributed by atoms with van der Waals surface area (Å²) in [5.41, 5.74) is 0. The number of nitrogens with one attached hydrogen (secondary N) is 1. The lowest BCUT2D eigenvalue weighted by molar-refractivity contribution is 0.155. The summed E-state index contributed by atoms with van der Waals surface area (Å²) in [5.74, 6) is 1.79. The van der Waals surface area contributed by atoms with Crippen molar-refractivity contribution in [3.05, 3.63) is 0 Å². The van der Waals surface area contributed by atoms with Crippen molar-refractivity contribution < 1.29 is 0 Å². The van der Waals surface area contributed by atoms with Gasteiger partial charge in [0.15, 0.2) is 0 Å². The molecule has 0 aromatic heterocycles. The topological polar surface area (TPSA) is 18.5 Å². The van der Waals surface area contributed by atoms with Crippen LogP contribution in [0.1, 0.15) is 44.9 Å². The van der Waals surface area contributed by atoms with Gasteiger partial charge in [0.05, 0.1) is 0 Å². The largest absolute Gasteiger partial charge is 0.317 e. The van der Waals surface area contributed by atoms with Gasteiger partial charge >= 0.3 is 0 Å². The second-order valence-electron chi connectivity index (χ2n) is 7.26. The maximum atomic E-state index is 3.58. The highest BCUT2D eigenvalue weighted by Crippen LogP contribution is 2.25. The summed E-state index contributed by atoms with van der Waals surface area (Å²) in [6, 6.07) is 0.748. The van der Waals surface area contributed by atoms with Gasteiger partial charge in [-0.15, -0.1) is 0 Å². The third kappa shape index (κ3) is 5.01. The normalized spacial score (nSPS) is 30.6. The summed E-state index contributed by atoms with van der Waals surface area (Å²) in [4.78, 5) is 5.09. The molecule has 2 aliphatic rings. The van der Waals surface area contributed by atoms with Gasteiger partial charge in [0, 0.05) is 19.1 Å². The summed E-state index contributed by atoms with van der Waals surface area (Å²) >= 11 is 0. The molecule has 118 valence electrons. The van der Waals surface area contributed by atoms with E-state index in [-0.39, 0.29) is 0 Å². The molecular weight excluding hydrogens is 246 g/mol. The predicted molar refractivity (Wildman–Crippen MR) is 87.1 cm³/mol. The fourth-order valence-electron chi connectivity index (χ4n) is 4.14. The summed E-state index contributed by atoms with van der Waals surface area (Å²) in [7, 11) is 6.75. The number of piperidine rings is 1. The van der Waals surface area contributed by atoms with Gasteiger partial charge in [-0.25, -0.2) is 0 Å². The number of likely N-dealkylation sites (tertiary alicyclic amines) is 1. The Kier molecular flexibility index (Phi) is 6.79. The van der Waals surface area contributed by atoms with Crippen LogP contribution in [0.5, 0.6) is 0 Å². The van der Waals surface area contributed by atoms with E-state index in [2.05, 4.69) is 36.3 Å². The summed E-state index contributed by atoms with van der Waals surface area (Å²) in [6.07, 6.45) is 9.87. The molecule has 1 aliphatic carbocycles. The molecule has 0 aromatic carbocycles. The zero-order chi connectivity index (χ0) is 14.4. The first-order valence-corrected chi connectivity index (χ1v) is 8.73. The SMILES string of the molecule is CNC1CCCCCC1CN(C)CC1CCN(C)CC1. The maximum Gasteiger partial charge on any atom is 0.0104 e. The van der Waals surface area contributed by atoms with Crippen LogP contribution in [-0.2, 0) is 0 Å². The predicted octanol–water partition coefficient (Wildman–Crippen LogP) is 2.43. The van der Waals surface area contributed by atoms with Crippen LogP contribution in [0.25, 0.3) is 0 Å². The highest BCUT2D eigenvalue weighted by atomic mass is 15.1. The van der Waals surface area contributed by atoms with Crippen molar-refractivity contribution >= 4 is 0 Å². The minimum Gasteiger partial charge on any atom is -0.317 e. The molecule has 1 N–H and O–H groups in total. The number of nitrogens with zero attached hydrogens (tertiary/aromatic N) is 2. The van der Waals surface area contributed by atoms with E-state index in [1.165, 1.54) is 71.1 Å². The molecule has 20 heavy (non-hydrogen) atoms. The lowest BCUT2D eigenvalue weighted by Crippen LogP contribution is -2.42. The zero-order valence-corrected chi connectivity index (χ0v) is 13.9. The molecule has 1 saturated carbocycles. The summed E-state index contributed by atoms with van der Waals surface area (Å²) < 4.78 is 0. The molecular formula is C17H35N3. The molecule has 2 atom stereocenters. The standard InChI is InChI=1S/C17H35N3/c1-18-17-8-6-4-5-7-16(17)14-20(3)13-15-9-11-19(2)12-10-15/h15-18H,4-14H2,1-3H3. The lowest BCUT2D eigenvalue weighted by atomic mass is 9.92. The molecule has 2 rings (SSSR count). The Balaban J connectivity index is 1.75. The van der Waals surface area contributed by atoms with Crippen molar-refractivity contribution in [1.29, 1.82) is 0 Å². The zero-order valence-electron chi connectivity index (χ0n) is 13.9. The number of hydrogen-bond donors (Lipinski definition) is 1. The Bertz CT molecular complexity index is 261. The van der Waals surface area contributed by atoms with Crippen molar-refractivity contribution in [2.45, 2.75) is 51.0 Å². The molecule has 0 amide bonds. The minimum absolute atomic E-state index is 0.748. The molecule has 0 spiro atoms. The molecule has 1 heterocycles. The fourth-order valence-corrected chi connectivity index (χ4v) is 4.14. The second kappa shape index (κ2) is 8.35. The highest BCUT2D eigenvalue weighted by Gasteiger charge is 2.25. The average molecular weight is 281 g/mol. The van der Waals surface area contributed by atoms with Crippen LogP contribution >= 0.6 is 0 Å². The van der Waals surface area contributed by atoms with Gasteiger partial charge in [0.1, 0.15) is 0 Å². The molecule has 0 radical (unpaired) electrons. The van der Waals surface area contributed by atoms with Crippen LogP contribution in [0.15, 0.2) is 0 Å². The molecule has 3 nitrogen and oxygen atoms in total. The third-order valence-corrected chi connectivity index (χ3v) is 5.48. The smallest absolute Gasteiger partial charge is 0.0104 e. The average Bonchev–Trinajstić information content (AvgIpc) is 2.66. The van der Waals surface area contributed by atoms with Gasteiger partial charge in [0.25, 0.3) is 0 Å². The third-order valence-electron chi connectivity index (χ3n) is 5.48. The van der Waals surface area contributed by atoms with Gasteiger partial charge in [-0.05, 0) is 71.8 Å².